The van der Waals surface area contributed by atoms with Gasteiger partial charge in [0.25, 0.3) is 5.91 Å². The molecule has 2 aromatic carbocycles. The Bertz CT molecular complexity index is 1260. The molecule has 2 fully saturated rings. The molecule has 7 nitrogen and oxygen atoms in total. The van der Waals surface area contributed by atoms with Crippen LogP contribution in [0.3, 0.4) is 0 Å². The third-order valence-corrected chi connectivity index (χ3v) is 6.26. The van der Waals surface area contributed by atoms with Gasteiger partial charge < -0.3 is 14.5 Å². The number of benzene rings is 2. The number of ether oxygens (including phenoxy) is 1. The third kappa shape index (κ3) is 4.87. The molecule has 2 saturated heterocycles. The van der Waals surface area contributed by atoms with E-state index in [2.05, 4.69) is 26.8 Å². The summed E-state index contributed by atoms with van der Waals surface area (Å²) in [5.41, 5.74) is 2.99. The highest BCUT2D eigenvalue weighted by molar-refractivity contribution is 6.19. The lowest BCUT2D eigenvalue weighted by molar-refractivity contribution is -0.274. The smallest absolute Gasteiger partial charge is 0.406 e. The quantitative estimate of drug-likeness (QED) is 0.472. The summed E-state index contributed by atoms with van der Waals surface area (Å²) in [6.07, 6.45) is 0.463. The third-order valence-electron chi connectivity index (χ3n) is 6.26. The molecule has 3 aromatic rings. The van der Waals surface area contributed by atoms with Crippen LogP contribution in [0.2, 0.25) is 0 Å². The van der Waals surface area contributed by atoms with Gasteiger partial charge in [-0.1, -0.05) is 6.07 Å². The van der Waals surface area contributed by atoms with E-state index in [-0.39, 0.29) is 18.8 Å². The average molecular weight is 484 g/mol. The standard InChI is InChI=1S/C25H23F3N4O3/c26-25(27,28)35-20-7-4-18(5-8-20)32-23(33)16-31(24(32)34)15-17-10-11-29-22-14-19(6-9-21(17)22)30-12-2-1-3-13-30/h4-11,14H,1-3,12-13,15-16H2. The molecule has 1 aromatic heterocycles. The van der Waals surface area contributed by atoms with E-state index in [1.54, 1.807) is 6.20 Å². The van der Waals surface area contributed by atoms with E-state index in [0.29, 0.717) is 0 Å². The fourth-order valence-electron chi connectivity index (χ4n) is 4.61. The maximum Gasteiger partial charge on any atom is 0.573 e. The fourth-order valence-corrected chi connectivity index (χ4v) is 4.61. The molecule has 35 heavy (non-hydrogen) atoms. The van der Waals surface area contributed by atoms with Crippen molar-refractivity contribution in [3.63, 3.8) is 0 Å². The lowest BCUT2D eigenvalue weighted by Gasteiger charge is -2.29. The highest BCUT2D eigenvalue weighted by Gasteiger charge is 2.37. The van der Waals surface area contributed by atoms with Crippen LogP contribution >= 0.6 is 0 Å². The molecular weight excluding hydrogens is 461 g/mol. The SMILES string of the molecule is O=C1CN(Cc2ccnc3cc(N4CCCCC4)ccc23)C(=O)N1c1ccc(OC(F)(F)F)cc1. The number of nitrogens with zero attached hydrogens (tertiary/aromatic N) is 4. The molecule has 0 radical (unpaired) electrons. The Morgan fingerprint density at radius 1 is 0.914 bits per heavy atom. The van der Waals surface area contributed by atoms with Gasteiger partial charge in [0.05, 0.1) is 11.2 Å². The first-order valence-corrected chi connectivity index (χ1v) is 11.4. The molecule has 10 heteroatoms. The monoisotopic (exact) mass is 484 g/mol. The largest absolute Gasteiger partial charge is 0.573 e. The van der Waals surface area contributed by atoms with Gasteiger partial charge in [-0.15, -0.1) is 13.2 Å². The number of halogens is 3. The number of urea groups is 1. The number of piperidine rings is 1. The van der Waals surface area contributed by atoms with Gasteiger partial charge in [0.1, 0.15) is 12.3 Å². The van der Waals surface area contributed by atoms with Crippen LogP contribution in [-0.4, -0.2) is 47.8 Å². The zero-order valence-corrected chi connectivity index (χ0v) is 18.8. The number of hydrogen-bond donors (Lipinski definition) is 0. The molecule has 0 N–H and O–H groups in total. The summed E-state index contributed by atoms with van der Waals surface area (Å²) >= 11 is 0. The van der Waals surface area contributed by atoms with Crippen LogP contribution in [0.25, 0.3) is 10.9 Å². The summed E-state index contributed by atoms with van der Waals surface area (Å²) in [7, 11) is 0. The van der Waals surface area contributed by atoms with E-state index in [0.717, 1.165) is 52.3 Å². The van der Waals surface area contributed by atoms with Crippen molar-refractivity contribution >= 4 is 34.2 Å². The number of carbonyl (C=O) groups excluding carboxylic acids is 2. The number of amides is 3. The summed E-state index contributed by atoms with van der Waals surface area (Å²) in [6, 6.07) is 12.1. The lowest BCUT2D eigenvalue weighted by Crippen LogP contribution is -2.32. The topological polar surface area (TPSA) is 66.0 Å². The summed E-state index contributed by atoms with van der Waals surface area (Å²) < 4.78 is 41.0. The average Bonchev–Trinajstić information content (AvgIpc) is 3.11. The summed E-state index contributed by atoms with van der Waals surface area (Å²) in [5, 5.41) is 0.903. The molecule has 2 aliphatic rings. The van der Waals surface area contributed by atoms with E-state index >= 15 is 0 Å². The van der Waals surface area contributed by atoms with Crippen molar-refractivity contribution in [2.24, 2.45) is 0 Å². The zero-order valence-electron chi connectivity index (χ0n) is 18.8. The highest BCUT2D eigenvalue weighted by atomic mass is 19.4. The van der Waals surface area contributed by atoms with Gasteiger partial charge in [0.15, 0.2) is 0 Å². The van der Waals surface area contributed by atoms with E-state index < -0.39 is 24.1 Å². The van der Waals surface area contributed by atoms with Crippen molar-refractivity contribution in [1.82, 2.24) is 9.88 Å². The van der Waals surface area contributed by atoms with Gasteiger partial charge in [0, 0.05) is 36.9 Å². The number of carbonyl (C=O) groups is 2. The van der Waals surface area contributed by atoms with Crippen molar-refractivity contribution in [2.45, 2.75) is 32.2 Å². The Morgan fingerprint density at radius 3 is 2.34 bits per heavy atom. The molecule has 0 atom stereocenters. The second-order valence-corrected chi connectivity index (χ2v) is 8.63. The van der Waals surface area contributed by atoms with E-state index in [4.69, 9.17) is 0 Å². The normalized spacial score (nSPS) is 16.9. The van der Waals surface area contributed by atoms with Gasteiger partial charge in [-0.25, -0.2) is 9.69 Å². The molecule has 3 amide bonds. The van der Waals surface area contributed by atoms with Crippen molar-refractivity contribution in [1.29, 1.82) is 0 Å². The molecule has 182 valence electrons. The Kier molecular flexibility index (Phi) is 5.96. The number of imide groups is 1. The number of hydrogen-bond acceptors (Lipinski definition) is 5. The minimum atomic E-state index is -4.82. The first kappa shape index (κ1) is 22.9. The number of fused-ring (bicyclic) bond motifs is 1. The van der Waals surface area contributed by atoms with Crippen LogP contribution in [0.15, 0.2) is 54.7 Å². The minimum absolute atomic E-state index is 0.130. The number of pyridine rings is 1. The first-order chi connectivity index (χ1) is 16.8. The molecular formula is C25H23F3N4O3. The van der Waals surface area contributed by atoms with Crippen LogP contribution in [0.4, 0.5) is 29.3 Å². The predicted octanol–water partition coefficient (Wildman–Crippen LogP) is 5.09. The van der Waals surface area contributed by atoms with Crippen LogP contribution in [-0.2, 0) is 11.3 Å². The molecule has 5 rings (SSSR count). The second kappa shape index (κ2) is 9.09. The number of aromatic nitrogens is 1. The Hall–Kier alpha value is -3.82. The Balaban J connectivity index is 1.33. The molecule has 0 aliphatic carbocycles. The van der Waals surface area contributed by atoms with Gasteiger partial charge in [-0.3, -0.25) is 9.78 Å². The molecule has 3 heterocycles. The molecule has 2 aliphatic heterocycles. The highest BCUT2D eigenvalue weighted by Crippen LogP contribution is 2.30. The van der Waals surface area contributed by atoms with Gasteiger partial charge in [0.2, 0.25) is 0 Å². The molecule has 0 spiro atoms. The van der Waals surface area contributed by atoms with Crippen molar-refractivity contribution in [3.8, 4) is 5.75 Å². The van der Waals surface area contributed by atoms with E-state index in [1.807, 2.05) is 12.1 Å². The number of alkyl halides is 3. The van der Waals surface area contributed by atoms with E-state index in [9.17, 15) is 22.8 Å². The fraction of sp³-hybridized carbons (Fsp3) is 0.320. The van der Waals surface area contributed by atoms with Crippen molar-refractivity contribution in [3.05, 3.63) is 60.3 Å². The zero-order chi connectivity index (χ0) is 24.6. The second-order valence-electron chi connectivity index (χ2n) is 8.63. The Morgan fingerprint density at radius 2 is 1.63 bits per heavy atom. The lowest BCUT2D eigenvalue weighted by atomic mass is 10.1. The Labute approximate surface area is 199 Å². The predicted molar refractivity (Wildman–Crippen MR) is 124 cm³/mol. The molecule has 0 bridgehead atoms. The van der Waals surface area contributed by atoms with Gasteiger partial charge in [-0.2, -0.15) is 0 Å². The van der Waals surface area contributed by atoms with Gasteiger partial charge >= 0.3 is 12.4 Å². The molecule has 0 unspecified atom stereocenters. The maximum absolute atomic E-state index is 13.0. The molecule has 0 saturated carbocycles. The van der Waals surface area contributed by atoms with E-state index in [1.165, 1.54) is 36.3 Å². The van der Waals surface area contributed by atoms with Crippen LogP contribution in [0.5, 0.6) is 5.75 Å². The minimum Gasteiger partial charge on any atom is -0.406 e. The first-order valence-electron chi connectivity index (χ1n) is 11.4. The van der Waals surface area contributed by atoms with Crippen molar-refractivity contribution in [2.75, 3.05) is 29.4 Å². The van der Waals surface area contributed by atoms with Gasteiger partial charge in [-0.05, 0) is 67.3 Å². The summed E-state index contributed by atoms with van der Waals surface area (Å²) in [5.74, 6) is -0.880. The van der Waals surface area contributed by atoms with Crippen molar-refractivity contribution < 1.29 is 27.5 Å². The van der Waals surface area contributed by atoms with Crippen LogP contribution < -0.4 is 14.5 Å². The number of rotatable bonds is 5. The van der Waals surface area contributed by atoms with Crippen LogP contribution in [0, 0.1) is 0 Å². The maximum atomic E-state index is 13.0. The summed E-state index contributed by atoms with van der Waals surface area (Å²) in [4.78, 5) is 34.9. The number of anilines is 2. The summed E-state index contributed by atoms with van der Waals surface area (Å²) in [6.45, 7) is 2.12. The van der Waals surface area contributed by atoms with Crippen LogP contribution in [0.1, 0.15) is 24.8 Å².